The number of nitrogens with zero attached hydrogens (tertiary/aromatic N) is 1. The van der Waals surface area contributed by atoms with Gasteiger partial charge in [-0.3, -0.25) is 0 Å². The van der Waals surface area contributed by atoms with Crippen molar-refractivity contribution in [2.24, 2.45) is 0 Å². The van der Waals surface area contributed by atoms with Gasteiger partial charge in [0.2, 0.25) is 0 Å². The Morgan fingerprint density at radius 1 is 1.15 bits per heavy atom. The average Bonchev–Trinajstić information content (AvgIpc) is 2.87. The van der Waals surface area contributed by atoms with Gasteiger partial charge in [0.1, 0.15) is 17.3 Å². The number of anilines is 1. The molecule has 0 spiro atoms. The normalized spacial score (nSPS) is 10.8. The molecule has 1 aromatic carbocycles. The first kappa shape index (κ1) is 14.6. The molecule has 0 bridgehead atoms. The summed E-state index contributed by atoms with van der Waals surface area (Å²) in [6.45, 7) is 4.39. The lowest BCUT2D eigenvalue weighted by Crippen LogP contribution is -2.17. The minimum Gasteiger partial charge on any atom is -0.463 e. The molecule has 1 aromatic heterocycles. The minimum atomic E-state index is -0.216. The van der Waals surface area contributed by atoms with Crippen molar-refractivity contribution >= 4 is 5.69 Å². The van der Waals surface area contributed by atoms with E-state index in [9.17, 15) is 4.39 Å². The molecule has 1 heterocycles. The standard InChI is InChI=1S/C16H21FN2O/c1-3-10-18-11-13-8-9-14(20-13)12-19(2)16-7-5-4-6-15(16)17/h4-9,18H,3,10-12H2,1-2H3. The molecular formula is C16H21FN2O. The topological polar surface area (TPSA) is 28.4 Å². The lowest BCUT2D eigenvalue weighted by atomic mass is 10.2. The number of hydrogen-bond acceptors (Lipinski definition) is 3. The average molecular weight is 276 g/mol. The second-order valence-electron chi connectivity index (χ2n) is 4.85. The number of furan rings is 1. The molecule has 0 aliphatic rings. The summed E-state index contributed by atoms with van der Waals surface area (Å²) in [6, 6.07) is 10.7. The van der Waals surface area contributed by atoms with Gasteiger partial charge >= 0.3 is 0 Å². The van der Waals surface area contributed by atoms with E-state index in [4.69, 9.17) is 4.42 Å². The van der Waals surface area contributed by atoms with E-state index in [1.807, 2.05) is 30.1 Å². The first-order chi connectivity index (χ1) is 9.70. The lowest BCUT2D eigenvalue weighted by molar-refractivity contribution is 0.445. The quantitative estimate of drug-likeness (QED) is 0.784. The highest BCUT2D eigenvalue weighted by Crippen LogP contribution is 2.20. The summed E-state index contributed by atoms with van der Waals surface area (Å²) < 4.78 is 19.4. The van der Waals surface area contributed by atoms with Crippen molar-refractivity contribution in [3.8, 4) is 0 Å². The Bertz CT molecular complexity index is 539. The highest BCUT2D eigenvalue weighted by Gasteiger charge is 2.09. The molecule has 108 valence electrons. The van der Waals surface area contributed by atoms with E-state index < -0.39 is 0 Å². The summed E-state index contributed by atoms with van der Waals surface area (Å²) >= 11 is 0. The summed E-state index contributed by atoms with van der Waals surface area (Å²) in [6.07, 6.45) is 1.10. The molecule has 0 aliphatic carbocycles. The van der Waals surface area contributed by atoms with Crippen molar-refractivity contribution in [2.45, 2.75) is 26.4 Å². The van der Waals surface area contributed by atoms with Gasteiger partial charge in [-0.05, 0) is 37.2 Å². The number of para-hydroxylation sites is 1. The van der Waals surface area contributed by atoms with E-state index >= 15 is 0 Å². The van der Waals surface area contributed by atoms with Crippen LogP contribution in [0, 0.1) is 5.82 Å². The van der Waals surface area contributed by atoms with Crippen molar-refractivity contribution < 1.29 is 8.81 Å². The van der Waals surface area contributed by atoms with Crippen molar-refractivity contribution in [1.82, 2.24) is 5.32 Å². The number of nitrogens with one attached hydrogen (secondary N) is 1. The molecule has 0 saturated carbocycles. The Morgan fingerprint density at radius 2 is 1.90 bits per heavy atom. The summed E-state index contributed by atoms with van der Waals surface area (Å²) in [5, 5.41) is 3.29. The summed E-state index contributed by atoms with van der Waals surface area (Å²) in [4.78, 5) is 1.84. The second-order valence-corrected chi connectivity index (χ2v) is 4.85. The Kier molecular flexibility index (Phi) is 5.18. The summed E-state index contributed by atoms with van der Waals surface area (Å²) in [5.41, 5.74) is 0.578. The van der Waals surface area contributed by atoms with Gasteiger partial charge in [0.15, 0.2) is 0 Å². The number of benzene rings is 1. The third kappa shape index (κ3) is 3.84. The molecular weight excluding hydrogens is 255 g/mol. The number of rotatable bonds is 7. The van der Waals surface area contributed by atoms with Gasteiger partial charge < -0.3 is 14.6 Å². The van der Waals surface area contributed by atoms with Crippen LogP contribution >= 0.6 is 0 Å². The zero-order valence-corrected chi connectivity index (χ0v) is 12.0. The highest BCUT2D eigenvalue weighted by molar-refractivity contribution is 5.46. The maximum atomic E-state index is 13.7. The van der Waals surface area contributed by atoms with Crippen LogP contribution in [-0.2, 0) is 13.1 Å². The van der Waals surface area contributed by atoms with E-state index in [2.05, 4.69) is 12.2 Å². The van der Waals surface area contributed by atoms with Gasteiger partial charge in [-0.25, -0.2) is 4.39 Å². The monoisotopic (exact) mass is 276 g/mol. The maximum absolute atomic E-state index is 13.7. The Balaban J connectivity index is 1.95. The fourth-order valence-electron chi connectivity index (χ4n) is 2.07. The number of hydrogen-bond donors (Lipinski definition) is 1. The van der Waals surface area contributed by atoms with Crippen LogP contribution in [0.4, 0.5) is 10.1 Å². The van der Waals surface area contributed by atoms with Crippen molar-refractivity contribution in [3.63, 3.8) is 0 Å². The van der Waals surface area contributed by atoms with Gasteiger partial charge in [-0.2, -0.15) is 0 Å². The molecule has 4 heteroatoms. The zero-order valence-electron chi connectivity index (χ0n) is 12.0. The van der Waals surface area contributed by atoms with Crippen LogP contribution in [0.25, 0.3) is 0 Å². The van der Waals surface area contributed by atoms with Gasteiger partial charge in [-0.1, -0.05) is 19.1 Å². The molecule has 0 saturated heterocycles. The zero-order chi connectivity index (χ0) is 14.4. The molecule has 2 rings (SSSR count). The van der Waals surface area contributed by atoms with E-state index in [1.165, 1.54) is 6.07 Å². The smallest absolute Gasteiger partial charge is 0.146 e. The fourth-order valence-corrected chi connectivity index (χ4v) is 2.07. The molecule has 20 heavy (non-hydrogen) atoms. The molecule has 0 fully saturated rings. The molecule has 0 aliphatic heterocycles. The first-order valence-corrected chi connectivity index (χ1v) is 6.94. The van der Waals surface area contributed by atoms with E-state index in [0.29, 0.717) is 12.2 Å². The molecule has 0 radical (unpaired) electrons. The van der Waals surface area contributed by atoms with Gasteiger partial charge in [-0.15, -0.1) is 0 Å². The highest BCUT2D eigenvalue weighted by atomic mass is 19.1. The molecule has 0 atom stereocenters. The Labute approximate surface area is 119 Å². The third-order valence-corrected chi connectivity index (χ3v) is 3.10. The van der Waals surface area contributed by atoms with E-state index in [1.54, 1.807) is 12.1 Å². The third-order valence-electron chi connectivity index (χ3n) is 3.10. The second kappa shape index (κ2) is 7.10. The van der Waals surface area contributed by atoms with Crippen LogP contribution in [0.3, 0.4) is 0 Å². The molecule has 1 N–H and O–H groups in total. The molecule has 2 aromatic rings. The molecule has 0 unspecified atom stereocenters. The first-order valence-electron chi connectivity index (χ1n) is 6.94. The van der Waals surface area contributed by atoms with Crippen molar-refractivity contribution in [3.05, 3.63) is 53.7 Å². The predicted molar refractivity (Wildman–Crippen MR) is 79.2 cm³/mol. The van der Waals surface area contributed by atoms with Crippen molar-refractivity contribution in [2.75, 3.05) is 18.5 Å². The minimum absolute atomic E-state index is 0.216. The largest absolute Gasteiger partial charge is 0.463 e. The van der Waals surface area contributed by atoms with Crippen LogP contribution in [0.15, 0.2) is 40.8 Å². The SMILES string of the molecule is CCCNCc1ccc(CN(C)c2ccccc2F)o1. The van der Waals surface area contributed by atoms with Gasteiger partial charge in [0.05, 0.1) is 18.8 Å². The maximum Gasteiger partial charge on any atom is 0.146 e. The van der Waals surface area contributed by atoms with Gasteiger partial charge in [0.25, 0.3) is 0 Å². The van der Waals surface area contributed by atoms with Crippen LogP contribution in [0.2, 0.25) is 0 Å². The van der Waals surface area contributed by atoms with E-state index in [-0.39, 0.29) is 5.82 Å². The molecule has 0 amide bonds. The lowest BCUT2D eigenvalue weighted by Gasteiger charge is -2.18. The van der Waals surface area contributed by atoms with Crippen molar-refractivity contribution in [1.29, 1.82) is 0 Å². The van der Waals surface area contributed by atoms with Gasteiger partial charge in [0, 0.05) is 7.05 Å². The fraction of sp³-hybridized carbons (Fsp3) is 0.375. The van der Waals surface area contributed by atoms with Crippen LogP contribution in [0.1, 0.15) is 24.9 Å². The van der Waals surface area contributed by atoms with Crippen LogP contribution < -0.4 is 10.2 Å². The Morgan fingerprint density at radius 3 is 2.65 bits per heavy atom. The Hall–Kier alpha value is -1.81. The summed E-state index contributed by atoms with van der Waals surface area (Å²) in [7, 11) is 1.86. The predicted octanol–water partition coefficient (Wildman–Crippen LogP) is 3.55. The van der Waals surface area contributed by atoms with Crippen LogP contribution in [0.5, 0.6) is 0 Å². The molecule has 3 nitrogen and oxygen atoms in total. The summed E-state index contributed by atoms with van der Waals surface area (Å²) in [5.74, 6) is 1.53. The van der Waals surface area contributed by atoms with Crippen LogP contribution in [-0.4, -0.2) is 13.6 Å². The van der Waals surface area contributed by atoms with E-state index in [0.717, 1.165) is 31.0 Å². The number of halogens is 1.